The van der Waals surface area contributed by atoms with Crippen LogP contribution in [0.25, 0.3) is 0 Å². The number of nitrogens with one attached hydrogen (secondary N) is 1. The molecule has 1 saturated carbocycles. The Hall–Kier alpha value is -2.48. The number of carbonyl (C=O) groups is 2. The first-order valence-corrected chi connectivity index (χ1v) is 12.0. The number of hydrogen-bond donors (Lipinski definition) is 1. The molecule has 1 aromatic rings. The van der Waals surface area contributed by atoms with Crippen LogP contribution in [-0.4, -0.2) is 51.8 Å². The van der Waals surface area contributed by atoms with Gasteiger partial charge in [0.2, 0.25) is 11.4 Å². The highest BCUT2D eigenvalue weighted by Crippen LogP contribution is 2.68. The highest BCUT2D eigenvalue weighted by atomic mass is 16.6. The summed E-state index contributed by atoms with van der Waals surface area (Å²) in [6.07, 6.45) is 3.25. The van der Waals surface area contributed by atoms with Crippen molar-refractivity contribution < 1.29 is 19.2 Å². The summed E-state index contributed by atoms with van der Waals surface area (Å²) >= 11 is 0. The van der Waals surface area contributed by atoms with E-state index in [4.69, 9.17) is 4.74 Å². The number of rotatable bonds is 1. The van der Waals surface area contributed by atoms with Crippen LogP contribution in [-0.2, 0) is 10.2 Å². The summed E-state index contributed by atoms with van der Waals surface area (Å²) in [5.74, 6) is -0.0270. The first kappa shape index (κ1) is 21.1. The molecule has 6 rings (SSSR count). The molecule has 4 atom stereocenters. The molecule has 8 nitrogen and oxygen atoms in total. The van der Waals surface area contributed by atoms with Crippen LogP contribution >= 0.6 is 0 Å². The van der Waals surface area contributed by atoms with Crippen molar-refractivity contribution in [2.24, 2.45) is 11.3 Å². The smallest absolute Gasteiger partial charge is 0.239 e. The van der Waals surface area contributed by atoms with Gasteiger partial charge in [-0.15, -0.1) is 0 Å². The molecule has 5 aliphatic rings. The van der Waals surface area contributed by atoms with Gasteiger partial charge in [-0.25, -0.2) is 0 Å². The van der Waals surface area contributed by atoms with Crippen molar-refractivity contribution in [1.82, 2.24) is 4.90 Å². The van der Waals surface area contributed by atoms with Crippen LogP contribution in [0.5, 0.6) is 5.75 Å². The molecule has 0 radical (unpaired) electrons. The van der Waals surface area contributed by atoms with E-state index in [1.807, 2.05) is 33.8 Å². The number of hydrogen-bond acceptors (Lipinski definition) is 6. The Bertz CT molecular complexity index is 1130. The maximum absolute atomic E-state index is 13.8. The second-order valence-electron chi connectivity index (χ2n) is 12.0. The lowest BCUT2D eigenvalue weighted by atomic mass is 9.60. The molecule has 0 bridgehead atoms. The van der Waals surface area contributed by atoms with Crippen LogP contribution in [0.2, 0.25) is 0 Å². The third-order valence-corrected chi connectivity index (χ3v) is 9.54. The number of benzene rings is 1. The van der Waals surface area contributed by atoms with Crippen LogP contribution in [0.1, 0.15) is 75.7 Å². The van der Waals surface area contributed by atoms with E-state index < -0.39 is 22.0 Å². The molecule has 2 saturated heterocycles. The summed E-state index contributed by atoms with van der Waals surface area (Å²) in [7, 11) is 0. The average Bonchev–Trinajstić information content (AvgIpc) is 3.33. The maximum atomic E-state index is 13.8. The SMILES string of the molecule is CC1(C)CC(=O)c2c(ccc3c2NC(=O)[C@@]32C[C@@]3([N+](=O)[O-])CN4CCC[C@H]4C[C@@H]3C2(C)C)O1. The fourth-order valence-electron chi connectivity index (χ4n) is 8.10. The van der Waals surface area contributed by atoms with Gasteiger partial charge >= 0.3 is 0 Å². The molecule has 1 spiro atoms. The minimum absolute atomic E-state index is 0.0618. The monoisotopic (exact) mass is 453 g/mol. The van der Waals surface area contributed by atoms with Crippen molar-refractivity contribution in [3.63, 3.8) is 0 Å². The third kappa shape index (κ3) is 2.40. The normalized spacial score (nSPS) is 37.7. The molecule has 1 aromatic carbocycles. The molecule has 0 unspecified atom stereocenters. The lowest BCUT2D eigenvalue weighted by Gasteiger charge is -2.45. The Morgan fingerprint density at radius 3 is 2.70 bits per heavy atom. The van der Waals surface area contributed by atoms with E-state index in [-0.39, 0.29) is 35.4 Å². The van der Waals surface area contributed by atoms with Gasteiger partial charge in [0.15, 0.2) is 5.78 Å². The Kier molecular flexibility index (Phi) is 3.92. The van der Waals surface area contributed by atoms with Gasteiger partial charge < -0.3 is 10.1 Å². The Labute approximate surface area is 193 Å². The first-order valence-electron chi connectivity index (χ1n) is 12.0. The first-order chi connectivity index (χ1) is 15.4. The highest BCUT2D eigenvalue weighted by Gasteiger charge is 2.78. The van der Waals surface area contributed by atoms with E-state index in [1.165, 1.54) is 0 Å². The number of fused-ring (bicyclic) bond motifs is 6. The van der Waals surface area contributed by atoms with Gasteiger partial charge in [-0.3, -0.25) is 24.6 Å². The predicted molar refractivity (Wildman–Crippen MR) is 121 cm³/mol. The number of amides is 1. The van der Waals surface area contributed by atoms with Gasteiger partial charge in [-0.05, 0) is 56.7 Å². The number of Topliss-reactive ketones (excluding diaryl/α,β-unsaturated/α-hetero) is 1. The second kappa shape index (κ2) is 6.14. The fourth-order valence-corrected chi connectivity index (χ4v) is 8.10. The molecule has 4 heterocycles. The summed E-state index contributed by atoms with van der Waals surface area (Å²) in [5.41, 5.74) is -1.84. The van der Waals surface area contributed by atoms with Gasteiger partial charge in [-0.2, -0.15) is 0 Å². The molecule has 1 amide bonds. The zero-order valence-corrected chi connectivity index (χ0v) is 19.7. The molecule has 8 heteroatoms. The van der Waals surface area contributed by atoms with Gasteiger partial charge in [-0.1, -0.05) is 19.9 Å². The van der Waals surface area contributed by atoms with Gasteiger partial charge in [0.05, 0.1) is 29.6 Å². The molecule has 176 valence electrons. The molecule has 0 aromatic heterocycles. The summed E-state index contributed by atoms with van der Waals surface area (Å²) in [5, 5.41) is 15.7. The molecule has 1 N–H and O–H groups in total. The summed E-state index contributed by atoms with van der Waals surface area (Å²) in [6.45, 7) is 9.09. The number of ketones is 1. The van der Waals surface area contributed by atoms with E-state index in [0.29, 0.717) is 29.6 Å². The Morgan fingerprint density at radius 1 is 1.21 bits per heavy atom. The summed E-state index contributed by atoms with van der Waals surface area (Å²) in [6, 6.07) is 4.00. The maximum Gasteiger partial charge on any atom is 0.239 e. The van der Waals surface area contributed by atoms with Crippen LogP contribution in [0.3, 0.4) is 0 Å². The van der Waals surface area contributed by atoms with Crippen molar-refractivity contribution >= 4 is 17.4 Å². The lowest BCUT2D eigenvalue weighted by molar-refractivity contribution is -0.584. The fraction of sp³-hybridized carbons (Fsp3) is 0.680. The van der Waals surface area contributed by atoms with Crippen LogP contribution in [0.15, 0.2) is 12.1 Å². The van der Waals surface area contributed by atoms with Gasteiger partial charge in [0.1, 0.15) is 11.4 Å². The van der Waals surface area contributed by atoms with E-state index in [2.05, 4.69) is 10.2 Å². The largest absolute Gasteiger partial charge is 0.487 e. The Balaban J connectivity index is 1.54. The molecular formula is C25H31N3O5. The van der Waals surface area contributed by atoms with Crippen molar-refractivity contribution in [3.8, 4) is 5.75 Å². The number of nitro groups is 1. The van der Waals surface area contributed by atoms with E-state index in [0.717, 1.165) is 31.4 Å². The van der Waals surface area contributed by atoms with Crippen LogP contribution in [0.4, 0.5) is 5.69 Å². The van der Waals surface area contributed by atoms with E-state index in [9.17, 15) is 19.7 Å². The zero-order chi connectivity index (χ0) is 23.6. The zero-order valence-electron chi connectivity index (χ0n) is 19.7. The third-order valence-electron chi connectivity index (χ3n) is 9.54. The van der Waals surface area contributed by atoms with Gasteiger partial charge in [0.25, 0.3) is 0 Å². The molecule has 4 aliphatic heterocycles. The topological polar surface area (TPSA) is 102 Å². The number of nitrogens with zero attached hydrogens (tertiary/aromatic N) is 2. The molecule has 3 fully saturated rings. The van der Waals surface area contributed by atoms with Gasteiger partial charge in [0, 0.05) is 23.3 Å². The predicted octanol–water partition coefficient (Wildman–Crippen LogP) is 3.55. The Morgan fingerprint density at radius 2 is 1.97 bits per heavy atom. The number of piperidine rings is 1. The molecule has 33 heavy (non-hydrogen) atoms. The van der Waals surface area contributed by atoms with E-state index in [1.54, 1.807) is 6.07 Å². The highest BCUT2D eigenvalue weighted by molar-refractivity contribution is 6.15. The summed E-state index contributed by atoms with van der Waals surface area (Å²) in [4.78, 5) is 41.9. The van der Waals surface area contributed by atoms with Crippen LogP contribution < -0.4 is 10.1 Å². The summed E-state index contributed by atoms with van der Waals surface area (Å²) < 4.78 is 6.07. The second-order valence-corrected chi connectivity index (χ2v) is 12.0. The number of anilines is 1. The van der Waals surface area contributed by atoms with Crippen molar-refractivity contribution in [3.05, 3.63) is 33.4 Å². The number of carbonyl (C=O) groups excluding carboxylic acids is 2. The minimum atomic E-state index is -1.18. The van der Waals surface area contributed by atoms with Crippen LogP contribution in [0, 0.1) is 21.4 Å². The molecule has 1 aliphatic carbocycles. The van der Waals surface area contributed by atoms with Crippen molar-refractivity contribution in [2.45, 2.75) is 82.4 Å². The standard InChI is InChI=1S/C25H31N3O5/c1-22(2)11-16(29)19-17(33-22)8-7-15-20(19)26-21(30)25(15)12-24(28(31)32)13-27-9-5-6-14(27)10-18(24)23(25,3)4/h7-8,14,18H,5-6,9-13H2,1-4H3,(H,26,30)/t14-,18+,24+,25+/m0/s1. The van der Waals surface area contributed by atoms with Crippen molar-refractivity contribution in [2.75, 3.05) is 18.4 Å². The minimum Gasteiger partial charge on any atom is -0.487 e. The average molecular weight is 454 g/mol. The number of ether oxygens (including phenoxy) is 1. The quantitative estimate of drug-likeness (QED) is 0.515. The van der Waals surface area contributed by atoms with E-state index >= 15 is 0 Å². The molecular weight excluding hydrogens is 422 g/mol. The van der Waals surface area contributed by atoms with Crippen molar-refractivity contribution in [1.29, 1.82) is 0 Å². The lowest BCUT2D eigenvalue weighted by Crippen LogP contribution is -2.59.